The van der Waals surface area contributed by atoms with Crippen molar-refractivity contribution >= 4 is 17.5 Å². The minimum Gasteiger partial charge on any atom is -0.383 e. The van der Waals surface area contributed by atoms with Crippen LogP contribution in [0, 0.1) is 0 Å². The number of hydrogen-bond donors (Lipinski definition) is 2. The van der Waals surface area contributed by atoms with E-state index in [1.165, 1.54) is 11.1 Å². The van der Waals surface area contributed by atoms with Gasteiger partial charge in [-0.05, 0) is 11.1 Å². The smallest absolute Gasteiger partial charge is 0.253 e. The number of hydrogen-bond acceptors (Lipinski definition) is 4. The van der Waals surface area contributed by atoms with Gasteiger partial charge in [-0.25, -0.2) is 5.43 Å². The second-order valence-corrected chi connectivity index (χ2v) is 5.65. The average Bonchev–Trinajstić information content (AvgIpc) is 2.81. The fraction of sp³-hybridized carbons (Fsp3) is 0.500. The highest BCUT2D eigenvalue weighted by Gasteiger charge is 2.41. The summed E-state index contributed by atoms with van der Waals surface area (Å²) in [4.78, 5) is 14.0. The number of rotatable bonds is 3. The number of nitrogens with zero attached hydrogens (tertiary/aromatic N) is 1. The summed E-state index contributed by atoms with van der Waals surface area (Å²) < 4.78 is 5.36. The monoisotopic (exact) mass is 295 g/mol. The third-order valence-electron chi connectivity index (χ3n) is 4.03. The summed E-state index contributed by atoms with van der Waals surface area (Å²) in [6.45, 7) is 2.03. The summed E-state index contributed by atoms with van der Waals surface area (Å²) in [5.74, 6) is -0.171. The molecule has 5 nitrogen and oxygen atoms in total. The first-order chi connectivity index (χ1) is 9.72. The molecule has 1 aromatic carbocycles. The van der Waals surface area contributed by atoms with E-state index in [0.717, 1.165) is 6.54 Å². The summed E-state index contributed by atoms with van der Waals surface area (Å²) in [5.41, 5.74) is 8.04. The van der Waals surface area contributed by atoms with Gasteiger partial charge in [0.1, 0.15) is 5.38 Å². The maximum Gasteiger partial charge on any atom is 0.253 e. The van der Waals surface area contributed by atoms with Crippen LogP contribution in [0.1, 0.15) is 17.2 Å². The van der Waals surface area contributed by atoms with Gasteiger partial charge < -0.3 is 4.74 Å². The highest BCUT2D eigenvalue weighted by Crippen LogP contribution is 2.36. The van der Waals surface area contributed by atoms with Gasteiger partial charge in [0.15, 0.2) is 0 Å². The van der Waals surface area contributed by atoms with Gasteiger partial charge >= 0.3 is 0 Å². The van der Waals surface area contributed by atoms with Crippen LogP contribution in [0.2, 0.25) is 0 Å². The number of fused-ring (bicyclic) bond motifs is 1. The fourth-order valence-corrected chi connectivity index (χ4v) is 3.34. The first-order valence-electron chi connectivity index (χ1n) is 6.71. The molecule has 2 aliphatic rings. The van der Waals surface area contributed by atoms with Crippen LogP contribution in [0.3, 0.4) is 0 Å². The van der Waals surface area contributed by atoms with Crippen LogP contribution in [-0.2, 0) is 16.1 Å². The van der Waals surface area contributed by atoms with Gasteiger partial charge in [-0.2, -0.15) is 0 Å². The topological polar surface area (TPSA) is 53.6 Å². The number of carbonyl (C=O) groups is 1. The number of ether oxygens (including phenoxy) is 1. The lowest BCUT2D eigenvalue weighted by molar-refractivity contribution is -0.125. The van der Waals surface area contributed by atoms with E-state index in [4.69, 9.17) is 16.3 Å². The van der Waals surface area contributed by atoms with Gasteiger partial charge in [-0.1, -0.05) is 24.3 Å². The number of benzene rings is 1. The van der Waals surface area contributed by atoms with Crippen molar-refractivity contribution in [3.8, 4) is 0 Å². The zero-order valence-corrected chi connectivity index (χ0v) is 12.1. The van der Waals surface area contributed by atoms with Gasteiger partial charge in [0.05, 0.1) is 18.7 Å². The molecule has 6 heteroatoms. The lowest BCUT2D eigenvalue weighted by Crippen LogP contribution is -2.61. The Morgan fingerprint density at radius 3 is 3.05 bits per heavy atom. The van der Waals surface area contributed by atoms with Crippen LogP contribution in [0.5, 0.6) is 0 Å². The Labute approximate surface area is 123 Å². The predicted molar refractivity (Wildman–Crippen MR) is 76.2 cm³/mol. The molecule has 0 bridgehead atoms. The first-order valence-corrected chi connectivity index (χ1v) is 7.15. The van der Waals surface area contributed by atoms with Crippen LogP contribution < -0.4 is 10.9 Å². The molecule has 0 aromatic heterocycles. The largest absolute Gasteiger partial charge is 0.383 e. The number of amides is 1. The van der Waals surface area contributed by atoms with E-state index in [-0.39, 0.29) is 18.0 Å². The molecule has 2 heterocycles. The molecule has 3 unspecified atom stereocenters. The van der Waals surface area contributed by atoms with E-state index < -0.39 is 5.38 Å². The Bertz CT molecular complexity index is 511. The molecule has 0 aliphatic carbocycles. The lowest BCUT2D eigenvalue weighted by Gasteiger charge is -2.38. The Morgan fingerprint density at radius 2 is 2.25 bits per heavy atom. The Hall–Kier alpha value is -1.14. The van der Waals surface area contributed by atoms with Crippen LogP contribution in [-0.4, -0.2) is 42.5 Å². The number of nitrogens with one attached hydrogen (secondary N) is 2. The average molecular weight is 296 g/mol. The van der Waals surface area contributed by atoms with Crippen molar-refractivity contribution in [1.29, 1.82) is 0 Å². The number of carbonyl (C=O) groups excluding carboxylic acids is 1. The third kappa shape index (κ3) is 2.31. The maximum atomic E-state index is 11.7. The van der Waals surface area contributed by atoms with Gasteiger partial charge in [-0.15, -0.1) is 11.6 Å². The van der Waals surface area contributed by atoms with E-state index in [9.17, 15) is 4.79 Å². The SMILES string of the molecule is COCC1c2ccccc2CN1C1CNNC(=O)C1Cl. The quantitative estimate of drug-likeness (QED) is 0.810. The van der Waals surface area contributed by atoms with Crippen LogP contribution in [0.25, 0.3) is 0 Å². The summed E-state index contributed by atoms with van der Waals surface area (Å²) in [7, 11) is 1.70. The molecule has 1 saturated heterocycles. The summed E-state index contributed by atoms with van der Waals surface area (Å²) in [5, 5.41) is -0.551. The van der Waals surface area contributed by atoms with Crippen molar-refractivity contribution in [1.82, 2.24) is 15.8 Å². The van der Waals surface area contributed by atoms with Crippen molar-refractivity contribution in [2.45, 2.75) is 24.0 Å². The van der Waals surface area contributed by atoms with Gasteiger partial charge in [-0.3, -0.25) is 15.1 Å². The van der Waals surface area contributed by atoms with Crippen molar-refractivity contribution in [2.24, 2.45) is 0 Å². The Balaban J connectivity index is 1.88. The Morgan fingerprint density at radius 1 is 1.45 bits per heavy atom. The number of alkyl halides is 1. The van der Waals surface area contributed by atoms with E-state index in [2.05, 4.69) is 27.9 Å². The number of hydrazine groups is 1. The summed E-state index contributed by atoms with van der Waals surface area (Å²) in [6.07, 6.45) is 0. The normalized spacial score (nSPS) is 30.1. The van der Waals surface area contributed by atoms with Gasteiger partial charge in [0.25, 0.3) is 5.91 Å². The van der Waals surface area contributed by atoms with Crippen LogP contribution in [0.4, 0.5) is 0 Å². The Kier molecular flexibility index (Phi) is 3.94. The van der Waals surface area contributed by atoms with Crippen molar-refractivity contribution in [2.75, 3.05) is 20.3 Å². The minimum atomic E-state index is -0.551. The minimum absolute atomic E-state index is 0.0435. The first kappa shape index (κ1) is 13.8. The second kappa shape index (κ2) is 5.69. The summed E-state index contributed by atoms with van der Waals surface area (Å²) in [6, 6.07) is 8.43. The van der Waals surface area contributed by atoms with E-state index >= 15 is 0 Å². The number of halogens is 1. The molecule has 3 atom stereocenters. The maximum absolute atomic E-state index is 11.7. The molecule has 0 saturated carbocycles. The lowest BCUT2D eigenvalue weighted by atomic mass is 10.0. The van der Waals surface area contributed by atoms with Crippen LogP contribution in [0.15, 0.2) is 24.3 Å². The molecule has 1 amide bonds. The fourth-order valence-electron chi connectivity index (χ4n) is 3.06. The molecule has 0 spiro atoms. The van der Waals surface area contributed by atoms with Crippen molar-refractivity contribution in [3.05, 3.63) is 35.4 Å². The third-order valence-corrected chi connectivity index (χ3v) is 4.52. The molecule has 1 fully saturated rings. The van der Waals surface area contributed by atoms with Crippen molar-refractivity contribution < 1.29 is 9.53 Å². The highest BCUT2D eigenvalue weighted by molar-refractivity contribution is 6.31. The zero-order chi connectivity index (χ0) is 14.1. The molecule has 2 aliphatic heterocycles. The van der Waals surface area contributed by atoms with Gasteiger partial charge in [0, 0.05) is 20.2 Å². The standard InChI is InChI=1S/C14H18ClN3O2/c1-20-8-12-10-5-3-2-4-9(10)7-18(12)11-6-16-17-14(19)13(11)15/h2-5,11-13,16H,6-8H2,1H3,(H,17,19). The highest BCUT2D eigenvalue weighted by atomic mass is 35.5. The molecule has 3 rings (SSSR count). The van der Waals surface area contributed by atoms with E-state index in [1.54, 1.807) is 7.11 Å². The van der Waals surface area contributed by atoms with E-state index in [1.807, 2.05) is 12.1 Å². The van der Waals surface area contributed by atoms with Crippen molar-refractivity contribution in [3.63, 3.8) is 0 Å². The van der Waals surface area contributed by atoms with Gasteiger partial charge in [0.2, 0.25) is 0 Å². The molecule has 20 heavy (non-hydrogen) atoms. The predicted octanol–water partition coefficient (Wildman–Crippen LogP) is 0.800. The van der Waals surface area contributed by atoms with E-state index in [0.29, 0.717) is 13.2 Å². The molecule has 108 valence electrons. The summed E-state index contributed by atoms with van der Waals surface area (Å²) >= 11 is 6.29. The molecule has 1 aromatic rings. The second-order valence-electron chi connectivity index (χ2n) is 5.18. The van der Waals surface area contributed by atoms with Crippen LogP contribution >= 0.6 is 11.6 Å². The molecular formula is C14H18ClN3O2. The molecule has 2 N–H and O–H groups in total. The molecular weight excluding hydrogens is 278 g/mol. The molecule has 0 radical (unpaired) electrons. The number of methoxy groups -OCH3 is 1. The zero-order valence-electron chi connectivity index (χ0n) is 11.3.